The number of hydrogen-bond acceptors (Lipinski definition) is 2. The lowest BCUT2D eigenvalue weighted by atomic mass is 10.2. The maximum absolute atomic E-state index is 12.4. The van der Waals surface area contributed by atoms with E-state index in [4.69, 9.17) is 11.6 Å². The van der Waals surface area contributed by atoms with Crippen LogP contribution in [0.3, 0.4) is 0 Å². The average Bonchev–Trinajstić information content (AvgIpc) is 2.79. The minimum atomic E-state index is -0.175. The molecule has 1 aromatic rings. The van der Waals surface area contributed by atoms with Gasteiger partial charge in [-0.3, -0.25) is 4.79 Å². The van der Waals surface area contributed by atoms with E-state index < -0.39 is 0 Å². The molecule has 0 aromatic heterocycles. The van der Waals surface area contributed by atoms with Crippen molar-refractivity contribution in [3.05, 3.63) is 29.3 Å². The molecule has 1 fully saturated rings. The Bertz CT molecular complexity index is 564. The number of carbonyl (C=O) groups excluding carboxylic acids is 2. The van der Waals surface area contributed by atoms with Gasteiger partial charge < -0.3 is 15.1 Å². The fraction of sp³-hybridized carbons (Fsp3) is 0.529. The summed E-state index contributed by atoms with van der Waals surface area (Å²) >= 11 is 5.88. The normalized spacial score (nSPS) is 18.0. The van der Waals surface area contributed by atoms with Crippen molar-refractivity contribution < 1.29 is 9.59 Å². The number of nitrogens with zero attached hydrogens (tertiary/aromatic N) is 2. The van der Waals surface area contributed by atoms with E-state index in [1.807, 2.05) is 39.8 Å². The first-order valence-electron chi connectivity index (χ1n) is 7.94. The predicted molar refractivity (Wildman–Crippen MR) is 92.9 cm³/mol. The number of amides is 3. The zero-order chi connectivity index (χ0) is 17.1. The third-order valence-electron chi connectivity index (χ3n) is 3.94. The van der Waals surface area contributed by atoms with Crippen molar-refractivity contribution in [1.29, 1.82) is 0 Å². The van der Waals surface area contributed by atoms with Crippen LogP contribution in [0.5, 0.6) is 0 Å². The molecule has 1 saturated heterocycles. The summed E-state index contributed by atoms with van der Waals surface area (Å²) in [6.07, 6.45) is 0.318. The second-order valence-electron chi connectivity index (χ2n) is 6.43. The molecular formula is C17H24ClN3O2. The number of benzene rings is 1. The molecule has 0 spiro atoms. The molecule has 0 aliphatic carbocycles. The Hall–Kier alpha value is -1.75. The van der Waals surface area contributed by atoms with Crippen molar-refractivity contribution in [1.82, 2.24) is 10.2 Å². The highest BCUT2D eigenvalue weighted by molar-refractivity contribution is 6.30. The molecule has 126 valence electrons. The van der Waals surface area contributed by atoms with Gasteiger partial charge in [0.05, 0.1) is 6.04 Å². The minimum absolute atomic E-state index is 0.0123. The second kappa shape index (κ2) is 7.21. The molecule has 1 unspecified atom stereocenters. The summed E-state index contributed by atoms with van der Waals surface area (Å²) in [4.78, 5) is 28.1. The Labute approximate surface area is 142 Å². The smallest absolute Gasteiger partial charge is 0.318 e. The highest BCUT2D eigenvalue weighted by Gasteiger charge is 2.33. The number of anilines is 1. The number of nitrogens with one attached hydrogen (secondary N) is 1. The van der Waals surface area contributed by atoms with Crippen LogP contribution in [0, 0.1) is 0 Å². The van der Waals surface area contributed by atoms with E-state index in [0.29, 0.717) is 18.0 Å². The van der Waals surface area contributed by atoms with E-state index in [-0.39, 0.29) is 30.1 Å². The highest BCUT2D eigenvalue weighted by Crippen LogP contribution is 2.23. The lowest BCUT2D eigenvalue weighted by Crippen LogP contribution is -2.51. The van der Waals surface area contributed by atoms with Gasteiger partial charge in [-0.25, -0.2) is 4.79 Å². The topological polar surface area (TPSA) is 52.7 Å². The first-order chi connectivity index (χ1) is 10.8. The van der Waals surface area contributed by atoms with Crippen molar-refractivity contribution in [3.63, 3.8) is 0 Å². The minimum Gasteiger partial charge on any atom is -0.333 e. The second-order valence-corrected chi connectivity index (χ2v) is 6.86. The van der Waals surface area contributed by atoms with Gasteiger partial charge in [0, 0.05) is 35.8 Å². The standard InChI is InChI=1S/C17H24ClN3O2/c1-11(2)21(12(3)4)17(23)19-14-9-16(22)20(10-14)15-7-5-13(18)6-8-15/h5-8,11-12,14H,9-10H2,1-4H3,(H,19,23). The molecule has 1 heterocycles. The van der Waals surface area contributed by atoms with Crippen LogP contribution in [0.25, 0.3) is 0 Å². The summed E-state index contributed by atoms with van der Waals surface area (Å²) in [6.45, 7) is 8.42. The molecule has 23 heavy (non-hydrogen) atoms. The molecule has 1 aliphatic rings. The number of halogens is 1. The van der Waals surface area contributed by atoms with Crippen LogP contribution in [0.1, 0.15) is 34.1 Å². The van der Waals surface area contributed by atoms with Gasteiger partial charge in [0.15, 0.2) is 0 Å². The van der Waals surface area contributed by atoms with Crippen LogP contribution < -0.4 is 10.2 Å². The fourth-order valence-corrected chi connectivity index (χ4v) is 3.12. The van der Waals surface area contributed by atoms with Crippen LogP contribution in [-0.2, 0) is 4.79 Å². The van der Waals surface area contributed by atoms with Crippen LogP contribution >= 0.6 is 11.6 Å². The Kier molecular flexibility index (Phi) is 5.52. The van der Waals surface area contributed by atoms with Crippen molar-refractivity contribution in [3.8, 4) is 0 Å². The van der Waals surface area contributed by atoms with Gasteiger partial charge in [0.2, 0.25) is 5.91 Å². The maximum atomic E-state index is 12.4. The average molecular weight is 338 g/mol. The first-order valence-corrected chi connectivity index (χ1v) is 8.32. The Morgan fingerprint density at radius 3 is 2.30 bits per heavy atom. The molecule has 1 atom stereocenters. The molecule has 2 rings (SSSR count). The summed E-state index contributed by atoms with van der Waals surface area (Å²) < 4.78 is 0. The Morgan fingerprint density at radius 1 is 1.22 bits per heavy atom. The summed E-state index contributed by atoms with van der Waals surface area (Å²) in [7, 11) is 0. The zero-order valence-corrected chi connectivity index (χ0v) is 14.8. The molecule has 1 N–H and O–H groups in total. The fourth-order valence-electron chi connectivity index (χ4n) is 2.99. The van der Waals surface area contributed by atoms with Gasteiger partial charge in [-0.05, 0) is 52.0 Å². The van der Waals surface area contributed by atoms with Crippen molar-refractivity contribution in [2.75, 3.05) is 11.4 Å². The molecule has 0 radical (unpaired) electrons. The molecule has 1 aromatic carbocycles. The van der Waals surface area contributed by atoms with Gasteiger partial charge in [0.25, 0.3) is 0 Å². The van der Waals surface area contributed by atoms with Crippen LogP contribution in [0.4, 0.5) is 10.5 Å². The highest BCUT2D eigenvalue weighted by atomic mass is 35.5. The van der Waals surface area contributed by atoms with E-state index in [9.17, 15) is 9.59 Å². The van der Waals surface area contributed by atoms with Crippen molar-refractivity contribution in [2.24, 2.45) is 0 Å². The van der Waals surface area contributed by atoms with Crippen LogP contribution in [0.15, 0.2) is 24.3 Å². The van der Waals surface area contributed by atoms with Gasteiger partial charge in [-0.15, -0.1) is 0 Å². The van der Waals surface area contributed by atoms with Crippen molar-refractivity contribution >= 4 is 29.2 Å². The lowest BCUT2D eigenvalue weighted by Gasteiger charge is -2.32. The Balaban J connectivity index is 2.02. The van der Waals surface area contributed by atoms with E-state index in [0.717, 1.165) is 5.69 Å². The Morgan fingerprint density at radius 2 is 1.78 bits per heavy atom. The number of carbonyl (C=O) groups is 2. The van der Waals surface area contributed by atoms with E-state index in [2.05, 4.69) is 5.32 Å². The molecule has 3 amide bonds. The predicted octanol–water partition coefficient (Wildman–Crippen LogP) is 3.27. The number of rotatable bonds is 4. The van der Waals surface area contributed by atoms with Gasteiger partial charge in [-0.1, -0.05) is 11.6 Å². The number of urea groups is 1. The van der Waals surface area contributed by atoms with E-state index in [1.54, 1.807) is 21.9 Å². The summed E-state index contributed by atoms with van der Waals surface area (Å²) in [5.41, 5.74) is 0.806. The van der Waals surface area contributed by atoms with Gasteiger partial charge >= 0.3 is 6.03 Å². The maximum Gasteiger partial charge on any atom is 0.318 e. The van der Waals surface area contributed by atoms with Crippen LogP contribution in [0.2, 0.25) is 5.02 Å². The summed E-state index contributed by atoms with van der Waals surface area (Å²) in [5.74, 6) is 0.0123. The summed E-state index contributed by atoms with van der Waals surface area (Å²) in [5, 5.41) is 3.62. The van der Waals surface area contributed by atoms with Crippen molar-refractivity contribution in [2.45, 2.75) is 52.2 Å². The largest absolute Gasteiger partial charge is 0.333 e. The molecule has 0 saturated carbocycles. The molecular weight excluding hydrogens is 314 g/mol. The van der Waals surface area contributed by atoms with E-state index >= 15 is 0 Å². The lowest BCUT2D eigenvalue weighted by molar-refractivity contribution is -0.117. The first kappa shape index (κ1) is 17.6. The third-order valence-corrected chi connectivity index (χ3v) is 4.19. The van der Waals surface area contributed by atoms with Gasteiger partial charge in [0.1, 0.15) is 0 Å². The van der Waals surface area contributed by atoms with E-state index in [1.165, 1.54) is 0 Å². The molecule has 0 bridgehead atoms. The SMILES string of the molecule is CC(C)N(C(=O)NC1CC(=O)N(c2ccc(Cl)cc2)C1)C(C)C. The number of hydrogen-bond donors (Lipinski definition) is 1. The quantitative estimate of drug-likeness (QED) is 0.916. The molecule has 1 aliphatic heterocycles. The monoisotopic (exact) mass is 337 g/mol. The summed E-state index contributed by atoms with van der Waals surface area (Å²) in [6, 6.07) is 7.08. The molecule has 6 heteroatoms. The van der Waals surface area contributed by atoms with Gasteiger partial charge in [-0.2, -0.15) is 0 Å². The molecule has 5 nitrogen and oxygen atoms in total. The third kappa shape index (κ3) is 4.16. The van der Waals surface area contributed by atoms with Crippen LogP contribution in [-0.4, -0.2) is 41.5 Å². The zero-order valence-electron chi connectivity index (χ0n) is 14.0.